The van der Waals surface area contributed by atoms with Gasteiger partial charge in [0.05, 0.1) is 0 Å². The Hall–Kier alpha value is -2.44. The predicted octanol–water partition coefficient (Wildman–Crippen LogP) is 6.92. The van der Waals surface area contributed by atoms with E-state index in [0.717, 1.165) is 31.3 Å². The van der Waals surface area contributed by atoms with Gasteiger partial charge in [-0.3, -0.25) is 19.2 Å². The summed E-state index contributed by atoms with van der Waals surface area (Å²) in [5.41, 5.74) is -0.276. The first-order valence-electron chi connectivity index (χ1n) is 16.1. The van der Waals surface area contributed by atoms with Crippen LogP contribution in [0.3, 0.4) is 0 Å². The van der Waals surface area contributed by atoms with Gasteiger partial charge in [0.2, 0.25) is 0 Å². The van der Waals surface area contributed by atoms with Crippen LogP contribution in [0, 0.1) is 40.4 Å². The summed E-state index contributed by atoms with van der Waals surface area (Å²) in [4.78, 5) is 50.6. The molecule has 2 fully saturated rings. The molecule has 0 bridgehead atoms. The highest BCUT2D eigenvalue weighted by Gasteiger charge is 2.68. The maximum atomic E-state index is 13.9. The highest BCUT2D eigenvalue weighted by atomic mass is 16.6. The van der Waals surface area contributed by atoms with Gasteiger partial charge in [0, 0.05) is 37.2 Å². The van der Waals surface area contributed by atoms with Crippen LogP contribution in [0.2, 0.25) is 0 Å². The quantitative estimate of drug-likeness (QED) is 0.214. The van der Waals surface area contributed by atoms with E-state index in [1.807, 2.05) is 0 Å². The molecule has 4 aliphatic carbocycles. The third-order valence-corrected chi connectivity index (χ3v) is 11.7. The number of hydrogen-bond acceptors (Lipinski definition) is 7. The number of hydrogen-bond donors (Lipinski definition) is 0. The molecule has 0 heterocycles. The molecule has 0 aromatic rings. The van der Waals surface area contributed by atoms with Gasteiger partial charge in [-0.2, -0.15) is 0 Å². The van der Waals surface area contributed by atoms with Crippen molar-refractivity contribution < 1.29 is 33.4 Å². The maximum Gasteiger partial charge on any atom is 0.303 e. The minimum Gasteiger partial charge on any atom is -0.458 e. The van der Waals surface area contributed by atoms with Crippen LogP contribution in [0.15, 0.2) is 23.3 Å². The fourth-order valence-corrected chi connectivity index (χ4v) is 9.60. The van der Waals surface area contributed by atoms with E-state index in [2.05, 4.69) is 41.5 Å². The van der Waals surface area contributed by atoms with Crippen LogP contribution in [-0.2, 0) is 33.4 Å². The molecule has 0 radical (unpaired) electrons. The van der Waals surface area contributed by atoms with Crippen molar-refractivity contribution in [2.45, 2.75) is 131 Å². The van der Waals surface area contributed by atoms with E-state index < -0.39 is 35.2 Å². The molecule has 42 heavy (non-hydrogen) atoms. The van der Waals surface area contributed by atoms with Crippen molar-refractivity contribution in [1.82, 2.24) is 0 Å². The molecule has 7 nitrogen and oxygen atoms in total. The van der Waals surface area contributed by atoms with Crippen LogP contribution in [0.1, 0.15) is 114 Å². The van der Waals surface area contributed by atoms with Crippen LogP contribution >= 0.6 is 0 Å². The molecular weight excluding hydrogens is 532 g/mol. The molecule has 4 aliphatic rings. The Kier molecular flexibility index (Phi) is 9.21. The van der Waals surface area contributed by atoms with Crippen LogP contribution in [-0.4, -0.2) is 41.5 Å². The Morgan fingerprint density at radius 1 is 0.952 bits per heavy atom. The van der Waals surface area contributed by atoms with Gasteiger partial charge in [0.1, 0.15) is 11.7 Å². The zero-order valence-corrected chi connectivity index (χ0v) is 27.2. The summed E-state index contributed by atoms with van der Waals surface area (Å²) < 4.78 is 17.6. The van der Waals surface area contributed by atoms with Crippen molar-refractivity contribution in [3.63, 3.8) is 0 Å². The second-order valence-corrected chi connectivity index (χ2v) is 14.4. The zero-order chi connectivity index (χ0) is 31.2. The molecule has 0 amide bonds. The third kappa shape index (κ3) is 5.50. The molecule has 0 aromatic carbocycles. The van der Waals surface area contributed by atoms with E-state index in [0.29, 0.717) is 42.1 Å². The van der Waals surface area contributed by atoms with Crippen LogP contribution in [0.25, 0.3) is 0 Å². The van der Waals surface area contributed by atoms with E-state index in [1.165, 1.54) is 33.6 Å². The Labute approximate surface area is 252 Å². The van der Waals surface area contributed by atoms with Gasteiger partial charge >= 0.3 is 17.9 Å². The Morgan fingerprint density at radius 2 is 1.62 bits per heavy atom. The lowest BCUT2D eigenvalue weighted by molar-refractivity contribution is -0.177. The van der Waals surface area contributed by atoms with Gasteiger partial charge in [0.25, 0.3) is 0 Å². The van der Waals surface area contributed by atoms with Gasteiger partial charge in [-0.15, -0.1) is 0 Å². The fourth-order valence-electron chi connectivity index (χ4n) is 9.60. The van der Waals surface area contributed by atoms with Crippen molar-refractivity contribution in [3.05, 3.63) is 23.3 Å². The van der Waals surface area contributed by atoms with E-state index in [4.69, 9.17) is 14.2 Å². The van der Waals surface area contributed by atoms with Gasteiger partial charge in [-0.05, 0) is 85.8 Å². The molecular formula is C35H52O7. The minimum atomic E-state index is -0.850. The van der Waals surface area contributed by atoms with Crippen molar-refractivity contribution >= 4 is 23.7 Å². The summed E-state index contributed by atoms with van der Waals surface area (Å²) in [7, 11) is 0. The molecule has 0 spiro atoms. The number of fused-ring (bicyclic) bond motifs is 5. The first kappa shape index (κ1) is 32.5. The lowest BCUT2D eigenvalue weighted by atomic mass is 9.47. The molecule has 2 saturated carbocycles. The van der Waals surface area contributed by atoms with E-state index in [-0.39, 0.29) is 23.1 Å². The summed E-state index contributed by atoms with van der Waals surface area (Å²) >= 11 is 0. The number of ketones is 1. The van der Waals surface area contributed by atoms with Gasteiger partial charge in [0.15, 0.2) is 11.9 Å². The Morgan fingerprint density at radius 3 is 2.19 bits per heavy atom. The number of allylic oxidation sites excluding steroid dienone is 2. The first-order valence-corrected chi connectivity index (χ1v) is 16.1. The molecule has 234 valence electrons. The zero-order valence-electron chi connectivity index (χ0n) is 27.2. The second kappa shape index (κ2) is 11.9. The first-order chi connectivity index (χ1) is 19.6. The molecule has 0 aliphatic heterocycles. The molecule has 0 saturated heterocycles. The number of rotatable bonds is 9. The second-order valence-electron chi connectivity index (χ2n) is 14.4. The maximum absolute atomic E-state index is 13.9. The van der Waals surface area contributed by atoms with Crippen molar-refractivity contribution in [3.8, 4) is 0 Å². The summed E-state index contributed by atoms with van der Waals surface area (Å²) in [6, 6.07) is 0. The summed E-state index contributed by atoms with van der Waals surface area (Å²) in [5, 5.41) is 0. The lowest BCUT2D eigenvalue weighted by Gasteiger charge is -2.59. The van der Waals surface area contributed by atoms with Crippen LogP contribution in [0.4, 0.5) is 0 Å². The number of carbonyl (C=O) groups is 4. The van der Waals surface area contributed by atoms with E-state index in [1.54, 1.807) is 12.2 Å². The van der Waals surface area contributed by atoms with Crippen LogP contribution < -0.4 is 0 Å². The third-order valence-electron chi connectivity index (χ3n) is 11.7. The van der Waals surface area contributed by atoms with E-state index in [9.17, 15) is 19.2 Å². The highest BCUT2D eigenvalue weighted by molar-refractivity contribution is 6.07. The summed E-state index contributed by atoms with van der Waals surface area (Å²) in [6.07, 6.45) is 9.14. The topological polar surface area (TPSA) is 96.0 Å². The number of ether oxygens (including phenoxy) is 3. The molecule has 0 N–H and O–H groups in total. The molecule has 4 rings (SSSR count). The predicted molar refractivity (Wildman–Crippen MR) is 160 cm³/mol. The summed E-state index contributed by atoms with van der Waals surface area (Å²) in [6.45, 7) is 17.7. The number of carbonyl (C=O) groups excluding carboxylic acids is 4. The normalized spacial score (nSPS) is 37.0. The smallest absolute Gasteiger partial charge is 0.303 e. The summed E-state index contributed by atoms with van der Waals surface area (Å²) in [5.74, 6) is 0.713. The van der Waals surface area contributed by atoms with Crippen molar-refractivity contribution in [2.75, 3.05) is 0 Å². The Balaban J connectivity index is 1.74. The SMILES string of the molecule is CC[C@H](CC[C@@H](C)[C@H]1CC[C@@]2(OC(C)=O)C3=CC(=O)C4=C[C@@H](OC(C)=O)[C@@H](OC(C)=O)C[C@]4(C)[C@H]3CC[C@]12C)C(C)C. The Bertz CT molecular complexity index is 1170. The van der Waals surface area contributed by atoms with Gasteiger partial charge in [-0.1, -0.05) is 54.4 Å². The average molecular weight is 585 g/mol. The molecule has 0 unspecified atom stereocenters. The molecule has 7 heteroatoms. The molecule has 9 atom stereocenters. The minimum absolute atomic E-state index is 0.0651. The van der Waals surface area contributed by atoms with Crippen LogP contribution in [0.5, 0.6) is 0 Å². The van der Waals surface area contributed by atoms with Crippen molar-refractivity contribution in [2.24, 2.45) is 40.4 Å². The highest BCUT2D eigenvalue weighted by Crippen LogP contribution is 2.69. The monoisotopic (exact) mass is 584 g/mol. The van der Waals surface area contributed by atoms with Gasteiger partial charge < -0.3 is 14.2 Å². The standard InChI is InChI=1S/C35H52O7/c1-10-25(20(2)3)12-11-21(4)26-14-16-35(42-24(7)38)28-17-30(39)29-18-31(40-22(5)36)32(41-23(6)37)19-33(29,8)27(28)13-15-34(26,35)9/h17-18,20-21,25-27,31-32H,10-16,19H2,1-9H3/t21-,25-,26-,27+,31-,32+,33-,34-,35-/m1/s1. The lowest BCUT2D eigenvalue weighted by Crippen LogP contribution is -2.60. The largest absolute Gasteiger partial charge is 0.458 e. The molecule has 0 aromatic heterocycles. The van der Waals surface area contributed by atoms with E-state index >= 15 is 0 Å². The fraction of sp³-hybridized carbons (Fsp3) is 0.771. The van der Waals surface area contributed by atoms with Gasteiger partial charge in [-0.25, -0.2) is 0 Å². The average Bonchev–Trinajstić information content (AvgIpc) is 3.17. The van der Waals surface area contributed by atoms with Crippen molar-refractivity contribution in [1.29, 1.82) is 0 Å². The number of esters is 3.